The topological polar surface area (TPSA) is 78.9 Å². The molecule has 27 heavy (non-hydrogen) atoms. The van der Waals surface area contributed by atoms with Crippen molar-refractivity contribution in [3.8, 4) is 17.1 Å². The number of ether oxygens (including phenoxy) is 1. The Labute approximate surface area is 165 Å². The molecule has 136 valence electrons. The molecule has 0 spiro atoms. The molecule has 0 amide bonds. The smallest absolute Gasteiger partial charge is 0.164 e. The molecule has 0 bridgehead atoms. The van der Waals surface area contributed by atoms with Gasteiger partial charge in [-0.2, -0.15) is 5.10 Å². The lowest BCUT2D eigenvalue weighted by Gasteiger charge is -2.09. The summed E-state index contributed by atoms with van der Waals surface area (Å²) in [4.78, 5) is 9.06. The molecular formula is C19H15Cl2N5O. The number of nitrogens with zero attached hydrogens (tertiary/aromatic N) is 4. The first-order chi connectivity index (χ1) is 13.1. The number of nitrogens with two attached hydrogens (primary N) is 1. The van der Waals surface area contributed by atoms with Crippen LogP contribution >= 0.6 is 23.2 Å². The second kappa shape index (κ2) is 7.06. The summed E-state index contributed by atoms with van der Waals surface area (Å²) in [5.74, 6) is 1.63. The molecule has 0 unspecified atom stereocenters. The molecule has 0 atom stereocenters. The average molecular weight is 400 g/mol. The quantitative estimate of drug-likeness (QED) is 0.548. The van der Waals surface area contributed by atoms with E-state index in [0.717, 1.165) is 16.9 Å². The van der Waals surface area contributed by atoms with Crippen LogP contribution in [-0.4, -0.2) is 26.9 Å². The van der Waals surface area contributed by atoms with Crippen LogP contribution in [0.3, 0.4) is 0 Å². The number of methoxy groups -OCH3 is 1. The van der Waals surface area contributed by atoms with Gasteiger partial charge in [0.2, 0.25) is 0 Å². The van der Waals surface area contributed by atoms with Crippen LogP contribution in [0.15, 0.2) is 48.7 Å². The SMILES string of the molecule is COc1ccc(-c2nc(N)c3cnn(Cc4c(Cl)cccc4Cl)c3n2)cc1. The summed E-state index contributed by atoms with van der Waals surface area (Å²) in [5, 5.41) is 6.21. The zero-order chi connectivity index (χ0) is 19.0. The predicted molar refractivity (Wildman–Crippen MR) is 107 cm³/mol. The molecule has 6 nitrogen and oxygen atoms in total. The Kier molecular flexibility index (Phi) is 4.59. The zero-order valence-corrected chi connectivity index (χ0v) is 15.9. The van der Waals surface area contributed by atoms with Crippen molar-refractivity contribution in [3.63, 3.8) is 0 Å². The highest BCUT2D eigenvalue weighted by Gasteiger charge is 2.15. The molecule has 0 radical (unpaired) electrons. The number of rotatable bonds is 4. The van der Waals surface area contributed by atoms with E-state index < -0.39 is 0 Å². The van der Waals surface area contributed by atoms with Gasteiger partial charge in [-0.05, 0) is 36.4 Å². The highest BCUT2D eigenvalue weighted by Crippen LogP contribution is 2.28. The van der Waals surface area contributed by atoms with Crippen LogP contribution in [-0.2, 0) is 6.54 Å². The molecule has 0 aliphatic heterocycles. The lowest BCUT2D eigenvalue weighted by molar-refractivity contribution is 0.415. The molecule has 2 aromatic carbocycles. The molecular weight excluding hydrogens is 385 g/mol. The molecule has 2 N–H and O–H groups in total. The second-order valence-electron chi connectivity index (χ2n) is 5.90. The van der Waals surface area contributed by atoms with E-state index in [2.05, 4.69) is 15.1 Å². The van der Waals surface area contributed by atoms with Crippen molar-refractivity contribution >= 4 is 40.1 Å². The van der Waals surface area contributed by atoms with E-state index in [1.807, 2.05) is 24.3 Å². The molecule has 2 heterocycles. The van der Waals surface area contributed by atoms with E-state index in [1.165, 1.54) is 0 Å². The number of nitrogen functional groups attached to an aromatic ring is 1. The average Bonchev–Trinajstić information content (AvgIpc) is 3.08. The van der Waals surface area contributed by atoms with Crippen molar-refractivity contribution < 1.29 is 4.74 Å². The van der Waals surface area contributed by atoms with Crippen LogP contribution < -0.4 is 10.5 Å². The van der Waals surface area contributed by atoms with E-state index in [-0.39, 0.29) is 0 Å². The second-order valence-corrected chi connectivity index (χ2v) is 6.72. The number of anilines is 1. The first kappa shape index (κ1) is 17.6. The minimum atomic E-state index is 0.363. The van der Waals surface area contributed by atoms with E-state index in [9.17, 15) is 0 Å². The standard InChI is InChI=1S/C19H15Cl2N5O/c1-27-12-7-5-11(6-8-12)18-24-17(22)13-9-23-26(19(13)25-18)10-14-15(20)3-2-4-16(14)21/h2-9H,10H2,1H3,(H2,22,24,25). The molecule has 0 saturated heterocycles. The zero-order valence-electron chi connectivity index (χ0n) is 14.4. The van der Waals surface area contributed by atoms with Gasteiger partial charge < -0.3 is 10.5 Å². The Morgan fingerprint density at radius 3 is 2.41 bits per heavy atom. The Morgan fingerprint density at radius 2 is 1.74 bits per heavy atom. The fraction of sp³-hybridized carbons (Fsp3) is 0.105. The van der Waals surface area contributed by atoms with Crippen molar-refractivity contribution in [2.24, 2.45) is 0 Å². The summed E-state index contributed by atoms with van der Waals surface area (Å²) in [6.45, 7) is 0.376. The predicted octanol–water partition coefficient (Wildman–Crippen LogP) is 4.44. The monoisotopic (exact) mass is 399 g/mol. The normalized spacial score (nSPS) is 11.1. The van der Waals surface area contributed by atoms with E-state index in [0.29, 0.717) is 39.3 Å². The van der Waals surface area contributed by atoms with Gasteiger partial charge in [-0.1, -0.05) is 29.3 Å². The van der Waals surface area contributed by atoms with Crippen molar-refractivity contribution in [2.45, 2.75) is 6.54 Å². The first-order valence-electron chi connectivity index (χ1n) is 8.13. The molecule has 0 fully saturated rings. The van der Waals surface area contributed by atoms with Crippen molar-refractivity contribution in [1.82, 2.24) is 19.7 Å². The lowest BCUT2D eigenvalue weighted by atomic mass is 10.2. The third-order valence-electron chi connectivity index (χ3n) is 4.24. The van der Waals surface area contributed by atoms with Crippen LogP contribution in [0.1, 0.15) is 5.56 Å². The Hall–Kier alpha value is -2.83. The fourth-order valence-corrected chi connectivity index (χ4v) is 3.31. The summed E-state index contributed by atoms with van der Waals surface area (Å²) >= 11 is 12.6. The summed E-state index contributed by atoms with van der Waals surface area (Å²) in [6.07, 6.45) is 1.65. The molecule has 0 aliphatic carbocycles. The molecule has 0 saturated carbocycles. The van der Waals surface area contributed by atoms with Crippen LogP contribution in [0.2, 0.25) is 10.0 Å². The van der Waals surface area contributed by atoms with Crippen LogP contribution in [0, 0.1) is 0 Å². The molecule has 4 rings (SSSR count). The number of aromatic nitrogens is 4. The molecule has 8 heteroatoms. The Bertz CT molecular complexity index is 1100. The number of benzene rings is 2. The van der Waals surface area contributed by atoms with Crippen molar-refractivity contribution in [3.05, 3.63) is 64.3 Å². The van der Waals surface area contributed by atoms with Gasteiger partial charge >= 0.3 is 0 Å². The maximum absolute atomic E-state index is 6.29. The number of hydrogen-bond donors (Lipinski definition) is 1. The summed E-state index contributed by atoms with van der Waals surface area (Å²) in [6, 6.07) is 12.8. The minimum absolute atomic E-state index is 0.363. The van der Waals surface area contributed by atoms with Crippen LogP contribution in [0.4, 0.5) is 5.82 Å². The van der Waals surface area contributed by atoms with Crippen molar-refractivity contribution in [1.29, 1.82) is 0 Å². The minimum Gasteiger partial charge on any atom is -0.497 e. The van der Waals surface area contributed by atoms with E-state index in [1.54, 1.807) is 36.2 Å². The van der Waals surface area contributed by atoms with Gasteiger partial charge in [-0.3, -0.25) is 0 Å². The number of fused-ring (bicyclic) bond motifs is 1. The third kappa shape index (κ3) is 3.29. The number of hydrogen-bond acceptors (Lipinski definition) is 5. The Morgan fingerprint density at radius 1 is 1.04 bits per heavy atom. The number of halogens is 2. The van der Waals surface area contributed by atoms with Crippen molar-refractivity contribution in [2.75, 3.05) is 12.8 Å². The van der Waals surface area contributed by atoms with Gasteiger partial charge in [0.15, 0.2) is 11.5 Å². The van der Waals surface area contributed by atoms with Crippen LogP contribution in [0.25, 0.3) is 22.4 Å². The maximum Gasteiger partial charge on any atom is 0.164 e. The third-order valence-corrected chi connectivity index (χ3v) is 4.95. The summed E-state index contributed by atoms with van der Waals surface area (Å²) < 4.78 is 6.91. The van der Waals surface area contributed by atoms with Crippen LogP contribution in [0.5, 0.6) is 5.75 Å². The van der Waals surface area contributed by atoms with Gasteiger partial charge in [0.05, 0.1) is 25.2 Å². The highest BCUT2D eigenvalue weighted by molar-refractivity contribution is 6.36. The molecule has 4 aromatic rings. The largest absolute Gasteiger partial charge is 0.497 e. The van der Waals surface area contributed by atoms with E-state index >= 15 is 0 Å². The molecule has 0 aliphatic rings. The highest BCUT2D eigenvalue weighted by atomic mass is 35.5. The summed E-state index contributed by atoms with van der Waals surface area (Å²) in [7, 11) is 1.62. The lowest BCUT2D eigenvalue weighted by Crippen LogP contribution is -2.05. The maximum atomic E-state index is 6.29. The van der Waals surface area contributed by atoms with Gasteiger partial charge in [-0.15, -0.1) is 0 Å². The van der Waals surface area contributed by atoms with Gasteiger partial charge in [0, 0.05) is 21.2 Å². The Balaban J connectivity index is 1.80. The van der Waals surface area contributed by atoms with Gasteiger partial charge in [-0.25, -0.2) is 14.6 Å². The molecule has 2 aromatic heterocycles. The first-order valence-corrected chi connectivity index (χ1v) is 8.89. The van der Waals surface area contributed by atoms with E-state index in [4.69, 9.17) is 33.7 Å². The summed E-state index contributed by atoms with van der Waals surface area (Å²) in [5.41, 5.74) is 8.35. The van der Waals surface area contributed by atoms with Gasteiger partial charge in [0.25, 0.3) is 0 Å². The fourth-order valence-electron chi connectivity index (χ4n) is 2.80. The van der Waals surface area contributed by atoms with Gasteiger partial charge in [0.1, 0.15) is 11.6 Å².